The van der Waals surface area contributed by atoms with Crippen molar-refractivity contribution in [1.82, 2.24) is 14.3 Å². The van der Waals surface area contributed by atoms with Gasteiger partial charge in [-0.1, -0.05) is 12.8 Å². The van der Waals surface area contributed by atoms with Crippen molar-refractivity contribution in [3.8, 4) is 11.4 Å². The highest BCUT2D eigenvalue weighted by atomic mass is 32.2. The Morgan fingerprint density at radius 2 is 1.89 bits per heavy atom. The van der Waals surface area contributed by atoms with Gasteiger partial charge < -0.3 is 10.3 Å². The molecule has 3 aromatic rings. The van der Waals surface area contributed by atoms with E-state index in [0.29, 0.717) is 29.1 Å². The molecule has 1 atom stereocenters. The van der Waals surface area contributed by atoms with E-state index in [9.17, 15) is 30.8 Å². The smallest absolute Gasteiger partial charge is 0.366 e. The highest BCUT2D eigenvalue weighted by molar-refractivity contribution is 7.89. The molecule has 2 heterocycles. The number of benzene rings is 1. The van der Waals surface area contributed by atoms with Crippen LogP contribution in [-0.4, -0.2) is 36.1 Å². The third-order valence-electron chi connectivity index (χ3n) is 6.33. The monoisotopic (exact) mass is 512 g/mol. The highest BCUT2D eigenvalue weighted by Crippen LogP contribution is 2.41. The Morgan fingerprint density at radius 3 is 2.43 bits per heavy atom. The molecule has 12 heteroatoms. The Morgan fingerprint density at radius 1 is 1.23 bits per heavy atom. The van der Waals surface area contributed by atoms with Crippen molar-refractivity contribution in [3.05, 3.63) is 47.4 Å². The molecule has 0 saturated heterocycles. The Hall–Kier alpha value is -2.99. The van der Waals surface area contributed by atoms with Crippen molar-refractivity contribution < 1.29 is 30.8 Å². The number of primary amides is 1. The third-order valence-corrected chi connectivity index (χ3v) is 7.86. The summed E-state index contributed by atoms with van der Waals surface area (Å²) in [6.45, 7) is 2.30. The van der Waals surface area contributed by atoms with E-state index in [2.05, 4.69) is 4.98 Å². The maximum Gasteiger partial charge on any atom is 0.404 e. The summed E-state index contributed by atoms with van der Waals surface area (Å²) >= 11 is 0. The normalized spacial score (nSPS) is 16.2. The van der Waals surface area contributed by atoms with Crippen LogP contribution in [0.15, 0.2) is 35.4 Å². The van der Waals surface area contributed by atoms with Crippen molar-refractivity contribution in [2.75, 3.05) is 0 Å². The van der Waals surface area contributed by atoms with Crippen LogP contribution in [0.2, 0.25) is 0 Å². The minimum absolute atomic E-state index is 0.00928. The summed E-state index contributed by atoms with van der Waals surface area (Å²) in [5, 5.41) is 0.321. The second-order valence-electron chi connectivity index (χ2n) is 8.78. The zero-order valence-corrected chi connectivity index (χ0v) is 19.8. The van der Waals surface area contributed by atoms with Crippen LogP contribution in [0.3, 0.4) is 0 Å². The fraction of sp³-hybridized carbons (Fsp3) is 0.391. The predicted molar refractivity (Wildman–Crippen MR) is 122 cm³/mol. The lowest BCUT2D eigenvalue weighted by atomic mass is 10.1. The first-order chi connectivity index (χ1) is 16.3. The Bertz CT molecular complexity index is 1390. The average Bonchev–Trinajstić information content (AvgIpc) is 3.39. The molecule has 0 bridgehead atoms. The van der Waals surface area contributed by atoms with Crippen molar-refractivity contribution in [3.63, 3.8) is 0 Å². The first-order valence-corrected chi connectivity index (χ1v) is 12.5. The average molecular weight is 513 g/mol. The summed E-state index contributed by atoms with van der Waals surface area (Å²) in [5.74, 6) is -1.31. The first kappa shape index (κ1) is 25.1. The lowest BCUT2D eigenvalue weighted by molar-refractivity contribution is -0.147. The van der Waals surface area contributed by atoms with E-state index in [-0.39, 0.29) is 17.3 Å². The van der Waals surface area contributed by atoms with Gasteiger partial charge in [0.25, 0.3) is 5.91 Å². The van der Waals surface area contributed by atoms with Gasteiger partial charge in [0.1, 0.15) is 16.8 Å². The number of halogens is 4. The first-order valence-electron chi connectivity index (χ1n) is 11.0. The topological polar surface area (TPSA) is 107 Å². The maximum absolute atomic E-state index is 14.5. The Labute approximate surface area is 199 Å². The number of fused-ring (bicyclic) bond motifs is 1. The van der Waals surface area contributed by atoms with Crippen molar-refractivity contribution in [2.45, 2.75) is 62.7 Å². The van der Waals surface area contributed by atoms with Crippen LogP contribution in [0.1, 0.15) is 54.6 Å². The van der Waals surface area contributed by atoms with Gasteiger partial charge in [0.2, 0.25) is 10.0 Å². The van der Waals surface area contributed by atoms with Gasteiger partial charge in [-0.25, -0.2) is 12.8 Å². The molecule has 1 aromatic carbocycles. The number of nitrogens with two attached hydrogens (primary N) is 1. The molecule has 1 saturated carbocycles. The van der Waals surface area contributed by atoms with Gasteiger partial charge in [-0.05, 0) is 56.5 Å². The molecule has 1 amide bonds. The SMILES string of the molecule is Cc1cc2c(cc1F)c(C(N)=O)c(-c1ccc(S(=O)(=O)N[C@H](C)C(F)(F)F)cn1)n2C1CCCC1. The molecule has 0 aliphatic heterocycles. The van der Waals surface area contributed by atoms with Gasteiger partial charge >= 0.3 is 6.18 Å². The molecule has 1 fully saturated rings. The minimum atomic E-state index is -4.76. The van der Waals surface area contributed by atoms with E-state index >= 15 is 0 Å². The number of alkyl halides is 3. The number of aromatic nitrogens is 2. The molecular weight excluding hydrogens is 488 g/mol. The maximum atomic E-state index is 14.5. The van der Waals surface area contributed by atoms with Crippen LogP contribution < -0.4 is 10.5 Å². The van der Waals surface area contributed by atoms with Gasteiger partial charge in [0.15, 0.2) is 0 Å². The Balaban J connectivity index is 1.87. The molecule has 0 spiro atoms. The molecule has 0 unspecified atom stereocenters. The zero-order valence-electron chi connectivity index (χ0n) is 19.0. The number of pyridine rings is 1. The summed E-state index contributed by atoms with van der Waals surface area (Å²) in [7, 11) is -4.51. The molecule has 3 N–H and O–H groups in total. The highest BCUT2D eigenvalue weighted by Gasteiger charge is 2.39. The number of hydrogen-bond donors (Lipinski definition) is 2. The summed E-state index contributed by atoms with van der Waals surface area (Å²) in [6.07, 6.45) is -0.276. The van der Waals surface area contributed by atoms with E-state index in [1.165, 1.54) is 12.1 Å². The second kappa shape index (κ2) is 8.90. The van der Waals surface area contributed by atoms with Crippen molar-refractivity contribution in [2.24, 2.45) is 5.73 Å². The number of hydrogen-bond acceptors (Lipinski definition) is 4. The second-order valence-corrected chi connectivity index (χ2v) is 10.5. The van der Waals surface area contributed by atoms with Crippen LogP contribution in [0, 0.1) is 12.7 Å². The fourth-order valence-corrected chi connectivity index (χ4v) is 5.70. The molecule has 2 aromatic heterocycles. The van der Waals surface area contributed by atoms with E-state index in [0.717, 1.165) is 37.9 Å². The van der Waals surface area contributed by atoms with Crippen LogP contribution in [0.4, 0.5) is 17.6 Å². The number of carbonyl (C=O) groups is 1. The summed E-state index contributed by atoms with van der Waals surface area (Å²) in [6, 6.07) is 3.01. The summed E-state index contributed by atoms with van der Waals surface area (Å²) in [4.78, 5) is 16.2. The molecule has 35 heavy (non-hydrogen) atoms. The van der Waals surface area contributed by atoms with Crippen LogP contribution >= 0.6 is 0 Å². The van der Waals surface area contributed by atoms with Crippen LogP contribution in [0.5, 0.6) is 0 Å². The molecule has 188 valence electrons. The number of nitrogens with one attached hydrogen (secondary N) is 1. The number of nitrogens with zero attached hydrogens (tertiary/aromatic N) is 2. The van der Waals surface area contributed by atoms with Crippen LogP contribution in [0.25, 0.3) is 22.3 Å². The molecule has 7 nitrogen and oxygen atoms in total. The number of carbonyl (C=O) groups excluding carboxylic acids is 1. The van der Waals surface area contributed by atoms with Gasteiger partial charge in [0.05, 0.1) is 22.5 Å². The fourth-order valence-electron chi connectivity index (χ4n) is 4.52. The van der Waals surface area contributed by atoms with E-state index in [4.69, 9.17) is 5.73 Å². The van der Waals surface area contributed by atoms with Gasteiger partial charge in [0, 0.05) is 17.6 Å². The quantitative estimate of drug-likeness (QED) is 0.471. The molecule has 1 aliphatic rings. The van der Waals surface area contributed by atoms with E-state index in [1.54, 1.807) is 17.7 Å². The van der Waals surface area contributed by atoms with E-state index in [1.807, 2.05) is 4.57 Å². The minimum Gasteiger partial charge on any atom is -0.366 e. The standard InChI is InChI=1S/C23H24F4N4O3S/c1-12-9-19-16(10-17(12)24)20(22(28)32)21(31(19)14-5-3-4-6-14)18-8-7-15(11-29-18)35(33,34)30-13(2)23(25,26)27/h7-11,13-14,30H,3-6H2,1-2H3,(H2,28,32)/t13-/m1/s1. The lowest BCUT2D eigenvalue weighted by Crippen LogP contribution is -2.42. The van der Waals surface area contributed by atoms with Gasteiger partial charge in [-0.3, -0.25) is 9.78 Å². The number of aryl methyl sites for hydroxylation is 1. The number of amides is 1. The predicted octanol–water partition coefficient (Wildman–Crippen LogP) is 4.59. The van der Waals surface area contributed by atoms with Gasteiger partial charge in [-0.2, -0.15) is 17.9 Å². The largest absolute Gasteiger partial charge is 0.404 e. The van der Waals surface area contributed by atoms with Gasteiger partial charge in [-0.15, -0.1) is 0 Å². The zero-order chi connectivity index (χ0) is 25.7. The third kappa shape index (κ3) is 4.64. The number of rotatable bonds is 6. The van der Waals surface area contributed by atoms with Crippen molar-refractivity contribution in [1.29, 1.82) is 0 Å². The van der Waals surface area contributed by atoms with E-state index < -0.39 is 38.9 Å². The summed E-state index contributed by atoms with van der Waals surface area (Å²) in [5.41, 5.74) is 7.27. The number of sulfonamides is 1. The molecule has 0 radical (unpaired) electrons. The molecular formula is C23H24F4N4O3S. The summed E-state index contributed by atoms with van der Waals surface area (Å²) < 4.78 is 81.3. The molecule has 4 rings (SSSR count). The van der Waals surface area contributed by atoms with Crippen LogP contribution in [-0.2, 0) is 10.0 Å². The Kier molecular flexibility index (Phi) is 6.39. The molecule has 1 aliphatic carbocycles. The van der Waals surface area contributed by atoms with Crippen molar-refractivity contribution >= 4 is 26.8 Å². The lowest BCUT2D eigenvalue weighted by Gasteiger charge is -2.19.